The van der Waals surface area contributed by atoms with Gasteiger partial charge in [0.1, 0.15) is 5.82 Å². The highest BCUT2D eigenvalue weighted by Gasteiger charge is 2.01. The zero-order valence-corrected chi connectivity index (χ0v) is 8.86. The number of thiol groups is 1. The third kappa shape index (κ3) is 2.08. The Bertz CT molecular complexity index is 325. The van der Waals surface area contributed by atoms with Gasteiger partial charge in [0.2, 0.25) is 0 Å². The van der Waals surface area contributed by atoms with E-state index in [1.807, 2.05) is 0 Å². The van der Waals surface area contributed by atoms with Crippen molar-refractivity contribution in [1.29, 1.82) is 0 Å². The molecule has 0 aliphatic carbocycles. The summed E-state index contributed by atoms with van der Waals surface area (Å²) in [7, 11) is 0. The van der Waals surface area contributed by atoms with Crippen LogP contribution < -0.4 is 0 Å². The first kappa shape index (κ1) is 9.74. The molecular formula is C8H7BrFNS. The Kier molecular flexibility index (Phi) is 3.29. The minimum atomic E-state index is -0.288. The van der Waals surface area contributed by atoms with Gasteiger partial charge in [0.05, 0.1) is 10.2 Å². The van der Waals surface area contributed by atoms with Crippen molar-refractivity contribution >= 4 is 34.5 Å². The summed E-state index contributed by atoms with van der Waals surface area (Å²) >= 11 is 6.81. The summed E-state index contributed by atoms with van der Waals surface area (Å²) < 4.78 is 17.1. The molecule has 0 saturated carbocycles. The third-order valence-electron chi connectivity index (χ3n) is 1.49. The van der Waals surface area contributed by atoms with Crippen molar-refractivity contribution in [3.8, 4) is 0 Å². The Hall–Kier alpha value is -0.350. The Labute approximate surface area is 84.4 Å². The molecule has 0 spiro atoms. The first-order chi connectivity index (χ1) is 5.65. The lowest BCUT2D eigenvalue weighted by Gasteiger charge is -1.99. The van der Waals surface area contributed by atoms with Crippen molar-refractivity contribution < 1.29 is 4.39 Å². The van der Waals surface area contributed by atoms with E-state index in [-0.39, 0.29) is 5.82 Å². The van der Waals surface area contributed by atoms with Gasteiger partial charge in [0.15, 0.2) is 0 Å². The fraction of sp³-hybridized carbons (Fsp3) is 0.125. The SMILES string of the molecule is C/C(=N\S)c1ccc(Br)c(F)c1. The number of nitrogens with zero attached hydrogens (tertiary/aromatic N) is 1. The molecule has 1 aromatic carbocycles. The van der Waals surface area contributed by atoms with Crippen LogP contribution in [0.1, 0.15) is 12.5 Å². The molecule has 0 heterocycles. The van der Waals surface area contributed by atoms with E-state index in [1.165, 1.54) is 6.07 Å². The second-order valence-corrected chi connectivity index (χ2v) is 3.37. The molecule has 0 bridgehead atoms. The summed E-state index contributed by atoms with van der Waals surface area (Å²) in [4.78, 5) is 0. The molecule has 0 amide bonds. The van der Waals surface area contributed by atoms with Gasteiger partial charge < -0.3 is 0 Å². The lowest BCUT2D eigenvalue weighted by Crippen LogP contribution is -1.93. The van der Waals surface area contributed by atoms with Gasteiger partial charge in [-0.15, -0.1) is 0 Å². The molecular weight excluding hydrogens is 241 g/mol. The largest absolute Gasteiger partial charge is 0.224 e. The molecule has 1 rings (SSSR count). The Morgan fingerprint density at radius 1 is 1.58 bits per heavy atom. The number of hydrogen-bond donors (Lipinski definition) is 1. The number of hydrogen-bond acceptors (Lipinski definition) is 2. The number of benzene rings is 1. The van der Waals surface area contributed by atoms with E-state index in [9.17, 15) is 4.39 Å². The van der Waals surface area contributed by atoms with E-state index >= 15 is 0 Å². The van der Waals surface area contributed by atoms with Crippen LogP contribution in [0.5, 0.6) is 0 Å². The number of rotatable bonds is 1. The summed E-state index contributed by atoms with van der Waals surface area (Å²) in [5.41, 5.74) is 1.44. The summed E-state index contributed by atoms with van der Waals surface area (Å²) in [6, 6.07) is 4.84. The Balaban J connectivity index is 3.13. The molecule has 0 N–H and O–H groups in total. The van der Waals surface area contributed by atoms with Gasteiger partial charge in [-0.2, -0.15) is 0 Å². The van der Waals surface area contributed by atoms with Crippen molar-refractivity contribution in [1.82, 2.24) is 0 Å². The molecule has 0 fully saturated rings. The zero-order chi connectivity index (χ0) is 9.14. The van der Waals surface area contributed by atoms with E-state index in [0.717, 1.165) is 5.56 Å². The molecule has 12 heavy (non-hydrogen) atoms. The molecule has 0 aromatic heterocycles. The molecule has 0 aliphatic rings. The van der Waals surface area contributed by atoms with Crippen molar-refractivity contribution in [2.24, 2.45) is 4.40 Å². The third-order valence-corrected chi connectivity index (χ3v) is 2.43. The zero-order valence-electron chi connectivity index (χ0n) is 6.38. The van der Waals surface area contributed by atoms with Crippen LogP contribution in [-0.2, 0) is 0 Å². The topological polar surface area (TPSA) is 12.4 Å². The van der Waals surface area contributed by atoms with Crippen LogP contribution in [0.4, 0.5) is 4.39 Å². The molecule has 64 valence electrons. The first-order valence-corrected chi connectivity index (χ1v) is 4.48. The van der Waals surface area contributed by atoms with Gasteiger partial charge in [0, 0.05) is 0 Å². The normalized spacial score (nSPS) is 11.8. The van der Waals surface area contributed by atoms with E-state index in [2.05, 4.69) is 33.1 Å². The lowest BCUT2D eigenvalue weighted by atomic mass is 10.1. The van der Waals surface area contributed by atoms with Gasteiger partial charge in [0.25, 0.3) is 0 Å². The second-order valence-electron chi connectivity index (χ2n) is 2.31. The van der Waals surface area contributed by atoms with Gasteiger partial charge in [-0.1, -0.05) is 6.07 Å². The fourth-order valence-corrected chi connectivity index (χ4v) is 1.14. The van der Waals surface area contributed by atoms with Gasteiger partial charge >= 0.3 is 0 Å². The van der Waals surface area contributed by atoms with Crippen molar-refractivity contribution in [2.75, 3.05) is 0 Å². The van der Waals surface area contributed by atoms with Crippen LogP contribution in [0.3, 0.4) is 0 Å². The highest BCUT2D eigenvalue weighted by atomic mass is 79.9. The van der Waals surface area contributed by atoms with E-state index in [4.69, 9.17) is 0 Å². The maximum Gasteiger partial charge on any atom is 0.138 e. The van der Waals surface area contributed by atoms with E-state index in [1.54, 1.807) is 19.1 Å². The van der Waals surface area contributed by atoms with E-state index < -0.39 is 0 Å². The maximum atomic E-state index is 12.9. The Morgan fingerprint density at radius 3 is 2.75 bits per heavy atom. The second kappa shape index (κ2) is 4.05. The predicted octanol–water partition coefficient (Wildman–Crippen LogP) is 3.24. The molecule has 0 radical (unpaired) electrons. The molecule has 1 nitrogen and oxygen atoms in total. The Morgan fingerprint density at radius 2 is 2.25 bits per heavy atom. The van der Waals surface area contributed by atoms with Gasteiger partial charge in [-0.05, 0) is 53.4 Å². The molecule has 1 aromatic rings. The van der Waals surface area contributed by atoms with Crippen LogP contribution >= 0.6 is 28.7 Å². The minimum absolute atomic E-state index is 0.288. The first-order valence-electron chi connectivity index (χ1n) is 3.29. The fourth-order valence-electron chi connectivity index (χ4n) is 0.779. The summed E-state index contributed by atoms with van der Waals surface area (Å²) in [5, 5.41) is 0. The highest BCUT2D eigenvalue weighted by molar-refractivity contribution is 9.10. The summed E-state index contributed by atoms with van der Waals surface area (Å²) in [5.74, 6) is -0.288. The summed E-state index contributed by atoms with van der Waals surface area (Å²) in [6.45, 7) is 1.77. The minimum Gasteiger partial charge on any atom is -0.224 e. The van der Waals surface area contributed by atoms with Crippen LogP contribution in [0, 0.1) is 5.82 Å². The monoisotopic (exact) mass is 247 g/mol. The maximum absolute atomic E-state index is 12.9. The van der Waals surface area contributed by atoms with Crippen LogP contribution in [0.25, 0.3) is 0 Å². The highest BCUT2D eigenvalue weighted by Crippen LogP contribution is 2.16. The van der Waals surface area contributed by atoms with Gasteiger partial charge in [-0.25, -0.2) is 8.79 Å². The van der Waals surface area contributed by atoms with Crippen molar-refractivity contribution in [2.45, 2.75) is 6.92 Å². The van der Waals surface area contributed by atoms with E-state index in [0.29, 0.717) is 10.2 Å². The van der Waals surface area contributed by atoms with Crippen molar-refractivity contribution in [3.63, 3.8) is 0 Å². The average Bonchev–Trinajstić information content (AvgIpc) is 2.08. The predicted molar refractivity (Wildman–Crippen MR) is 55.3 cm³/mol. The number of halogens is 2. The standard InChI is InChI=1S/C8H7BrFNS/c1-5(11-12)6-2-3-7(9)8(10)4-6/h2-4,12H,1H3/b11-5+. The van der Waals surface area contributed by atoms with Crippen LogP contribution in [-0.4, -0.2) is 5.71 Å². The molecule has 0 unspecified atom stereocenters. The lowest BCUT2D eigenvalue weighted by molar-refractivity contribution is 0.621. The van der Waals surface area contributed by atoms with Crippen LogP contribution in [0.15, 0.2) is 27.1 Å². The smallest absolute Gasteiger partial charge is 0.138 e. The molecule has 0 saturated heterocycles. The van der Waals surface area contributed by atoms with Gasteiger partial charge in [-0.3, -0.25) is 0 Å². The van der Waals surface area contributed by atoms with Crippen molar-refractivity contribution in [3.05, 3.63) is 34.1 Å². The van der Waals surface area contributed by atoms with Crippen LogP contribution in [0.2, 0.25) is 0 Å². The average molecular weight is 248 g/mol. The summed E-state index contributed by atoms with van der Waals surface area (Å²) in [6.07, 6.45) is 0. The molecule has 4 heteroatoms. The molecule has 0 atom stereocenters. The molecule has 0 aliphatic heterocycles. The quantitative estimate of drug-likeness (QED) is 0.578.